The Morgan fingerprint density at radius 2 is 2.05 bits per heavy atom. The maximum atomic E-state index is 11.6. The van der Waals surface area contributed by atoms with Crippen LogP contribution < -0.4 is 15.5 Å². The fraction of sp³-hybridized carbons (Fsp3) is 0.600. The lowest BCUT2D eigenvalue weighted by molar-refractivity contribution is 0.193. The summed E-state index contributed by atoms with van der Waals surface area (Å²) in [6.45, 7) is 7.82. The molecule has 21 heavy (non-hydrogen) atoms. The van der Waals surface area contributed by atoms with Crippen molar-refractivity contribution < 1.29 is 9.53 Å². The smallest absolute Gasteiger partial charge is 0.315 e. The third kappa shape index (κ3) is 6.44. The first-order valence-electron chi connectivity index (χ1n) is 7.41. The SMILES string of the molecule is CCN(CC)c1ccc(CNC(=O)NCCCOC)cn1. The van der Waals surface area contributed by atoms with Crippen molar-refractivity contribution in [3.05, 3.63) is 23.9 Å². The first kappa shape index (κ1) is 17.2. The summed E-state index contributed by atoms with van der Waals surface area (Å²) in [4.78, 5) is 18.2. The van der Waals surface area contributed by atoms with Crippen molar-refractivity contribution >= 4 is 11.8 Å². The van der Waals surface area contributed by atoms with Crippen LogP contribution in [-0.2, 0) is 11.3 Å². The van der Waals surface area contributed by atoms with Crippen molar-refractivity contribution in [3.8, 4) is 0 Å². The van der Waals surface area contributed by atoms with Crippen LogP contribution in [-0.4, -0.2) is 44.4 Å². The molecule has 0 spiro atoms. The fourth-order valence-electron chi connectivity index (χ4n) is 1.92. The van der Waals surface area contributed by atoms with E-state index in [0.29, 0.717) is 19.7 Å². The molecule has 6 nitrogen and oxygen atoms in total. The average molecular weight is 294 g/mol. The Kier molecular flexibility index (Phi) is 8.19. The zero-order valence-corrected chi connectivity index (χ0v) is 13.2. The second-order valence-electron chi connectivity index (χ2n) is 4.65. The second-order valence-corrected chi connectivity index (χ2v) is 4.65. The number of carbonyl (C=O) groups is 1. The van der Waals surface area contributed by atoms with Gasteiger partial charge in [-0.3, -0.25) is 0 Å². The molecule has 0 fully saturated rings. The van der Waals surface area contributed by atoms with Crippen LogP contribution in [0.4, 0.5) is 10.6 Å². The number of aromatic nitrogens is 1. The Labute approximate surface area is 126 Å². The number of pyridine rings is 1. The number of amides is 2. The molecule has 0 aromatic carbocycles. The standard InChI is InChI=1S/C15H26N4O2/c1-4-19(5-2)14-8-7-13(11-17-14)12-18-15(20)16-9-6-10-21-3/h7-8,11H,4-6,9-10,12H2,1-3H3,(H2,16,18,20). The highest BCUT2D eigenvalue weighted by Crippen LogP contribution is 2.10. The van der Waals surface area contributed by atoms with E-state index < -0.39 is 0 Å². The van der Waals surface area contributed by atoms with Crippen molar-refractivity contribution in [3.63, 3.8) is 0 Å². The van der Waals surface area contributed by atoms with Crippen LogP contribution in [0.1, 0.15) is 25.8 Å². The Morgan fingerprint density at radius 3 is 2.62 bits per heavy atom. The predicted molar refractivity (Wildman–Crippen MR) is 84.5 cm³/mol. The van der Waals surface area contributed by atoms with Crippen molar-refractivity contribution in [2.45, 2.75) is 26.8 Å². The van der Waals surface area contributed by atoms with Gasteiger partial charge in [0.2, 0.25) is 0 Å². The number of anilines is 1. The van der Waals surface area contributed by atoms with Gasteiger partial charge in [0.25, 0.3) is 0 Å². The van der Waals surface area contributed by atoms with Crippen molar-refractivity contribution in [1.29, 1.82) is 0 Å². The molecule has 0 aliphatic carbocycles. The van der Waals surface area contributed by atoms with Crippen LogP contribution in [0.15, 0.2) is 18.3 Å². The molecule has 6 heteroatoms. The molecule has 0 atom stereocenters. The number of hydrogen-bond acceptors (Lipinski definition) is 4. The lowest BCUT2D eigenvalue weighted by Crippen LogP contribution is -2.35. The first-order valence-corrected chi connectivity index (χ1v) is 7.41. The van der Waals surface area contributed by atoms with Gasteiger partial charge in [0.1, 0.15) is 5.82 Å². The minimum Gasteiger partial charge on any atom is -0.385 e. The summed E-state index contributed by atoms with van der Waals surface area (Å²) in [5.74, 6) is 0.966. The lowest BCUT2D eigenvalue weighted by atomic mass is 10.2. The first-order chi connectivity index (χ1) is 10.2. The van der Waals surface area contributed by atoms with Gasteiger partial charge < -0.3 is 20.3 Å². The van der Waals surface area contributed by atoms with Gasteiger partial charge in [0, 0.05) is 46.1 Å². The summed E-state index contributed by atoms with van der Waals surface area (Å²) in [6, 6.07) is 3.81. The molecule has 1 rings (SSSR count). The van der Waals surface area contributed by atoms with E-state index in [9.17, 15) is 4.79 Å². The molecule has 2 N–H and O–H groups in total. The number of rotatable bonds is 9. The fourth-order valence-corrected chi connectivity index (χ4v) is 1.92. The maximum Gasteiger partial charge on any atom is 0.315 e. The molecule has 0 bridgehead atoms. The Bertz CT molecular complexity index is 405. The summed E-state index contributed by atoms with van der Waals surface area (Å²) in [5.41, 5.74) is 0.984. The van der Waals surface area contributed by atoms with Crippen LogP contribution in [0.3, 0.4) is 0 Å². The van der Waals surface area contributed by atoms with Crippen LogP contribution in [0.2, 0.25) is 0 Å². The monoisotopic (exact) mass is 294 g/mol. The molecule has 2 amide bonds. The Balaban J connectivity index is 2.33. The van der Waals surface area contributed by atoms with E-state index in [4.69, 9.17) is 4.74 Å². The molecule has 0 aliphatic rings. The zero-order valence-electron chi connectivity index (χ0n) is 13.2. The third-order valence-electron chi connectivity index (χ3n) is 3.16. The van der Waals surface area contributed by atoms with Crippen LogP contribution in [0.5, 0.6) is 0 Å². The Morgan fingerprint density at radius 1 is 1.29 bits per heavy atom. The van der Waals surface area contributed by atoms with E-state index in [1.807, 2.05) is 12.1 Å². The third-order valence-corrected chi connectivity index (χ3v) is 3.16. The summed E-state index contributed by atoms with van der Waals surface area (Å²) < 4.78 is 4.92. The molecule has 0 aliphatic heterocycles. The van der Waals surface area contributed by atoms with E-state index >= 15 is 0 Å². The average Bonchev–Trinajstić information content (AvgIpc) is 2.52. The Hall–Kier alpha value is -1.82. The van der Waals surface area contributed by atoms with Crippen LogP contribution in [0.25, 0.3) is 0 Å². The number of ether oxygens (including phenoxy) is 1. The summed E-state index contributed by atoms with van der Waals surface area (Å²) >= 11 is 0. The highest BCUT2D eigenvalue weighted by molar-refractivity contribution is 5.73. The second kappa shape index (κ2) is 9.99. The topological polar surface area (TPSA) is 66.5 Å². The van der Waals surface area contributed by atoms with E-state index in [2.05, 4.69) is 34.4 Å². The molecular weight excluding hydrogens is 268 g/mol. The number of carbonyl (C=O) groups excluding carboxylic acids is 1. The van der Waals surface area contributed by atoms with Gasteiger partial charge in [0.15, 0.2) is 0 Å². The van der Waals surface area contributed by atoms with Crippen LogP contribution >= 0.6 is 0 Å². The minimum absolute atomic E-state index is 0.168. The maximum absolute atomic E-state index is 11.6. The van der Waals surface area contributed by atoms with E-state index in [-0.39, 0.29) is 6.03 Å². The van der Waals surface area contributed by atoms with Gasteiger partial charge in [-0.15, -0.1) is 0 Å². The molecule has 1 aromatic rings. The quantitative estimate of drug-likeness (QED) is 0.681. The van der Waals surface area contributed by atoms with Gasteiger partial charge in [-0.2, -0.15) is 0 Å². The summed E-state index contributed by atoms with van der Waals surface area (Å²) in [7, 11) is 1.65. The minimum atomic E-state index is -0.168. The highest BCUT2D eigenvalue weighted by atomic mass is 16.5. The molecule has 0 unspecified atom stereocenters. The van der Waals surface area contributed by atoms with Gasteiger partial charge in [-0.05, 0) is 31.9 Å². The number of methoxy groups -OCH3 is 1. The van der Waals surface area contributed by atoms with E-state index in [1.165, 1.54) is 0 Å². The number of hydrogen-bond donors (Lipinski definition) is 2. The molecule has 1 aromatic heterocycles. The summed E-state index contributed by atoms with van der Waals surface area (Å²) in [6.07, 6.45) is 2.61. The van der Waals surface area contributed by atoms with Gasteiger partial charge in [0.05, 0.1) is 0 Å². The molecule has 0 radical (unpaired) electrons. The van der Waals surface area contributed by atoms with Gasteiger partial charge in [-0.25, -0.2) is 9.78 Å². The normalized spacial score (nSPS) is 10.2. The number of nitrogens with zero attached hydrogens (tertiary/aromatic N) is 2. The van der Waals surface area contributed by atoms with Gasteiger partial charge in [-0.1, -0.05) is 6.07 Å². The van der Waals surface area contributed by atoms with Crippen molar-refractivity contribution in [2.24, 2.45) is 0 Å². The van der Waals surface area contributed by atoms with E-state index in [0.717, 1.165) is 30.9 Å². The van der Waals surface area contributed by atoms with Crippen molar-refractivity contribution in [1.82, 2.24) is 15.6 Å². The van der Waals surface area contributed by atoms with Gasteiger partial charge >= 0.3 is 6.03 Å². The molecule has 1 heterocycles. The largest absolute Gasteiger partial charge is 0.385 e. The molecular formula is C15H26N4O2. The molecule has 0 saturated carbocycles. The zero-order chi connectivity index (χ0) is 15.5. The number of nitrogens with one attached hydrogen (secondary N) is 2. The molecule has 0 saturated heterocycles. The number of urea groups is 1. The lowest BCUT2D eigenvalue weighted by Gasteiger charge is -2.19. The highest BCUT2D eigenvalue weighted by Gasteiger charge is 2.04. The van der Waals surface area contributed by atoms with Crippen molar-refractivity contribution in [2.75, 3.05) is 38.3 Å². The summed E-state index contributed by atoms with van der Waals surface area (Å²) in [5, 5.41) is 5.58. The van der Waals surface area contributed by atoms with E-state index in [1.54, 1.807) is 13.3 Å². The molecule has 118 valence electrons. The van der Waals surface area contributed by atoms with Crippen LogP contribution in [0, 0.1) is 0 Å². The predicted octanol–water partition coefficient (Wildman–Crippen LogP) is 1.76.